The van der Waals surface area contributed by atoms with Crippen molar-refractivity contribution >= 4 is 56.8 Å². The Balaban J connectivity index is 1.33. The summed E-state index contributed by atoms with van der Waals surface area (Å²) in [6.07, 6.45) is 0. The minimum atomic E-state index is -0.151. The van der Waals surface area contributed by atoms with E-state index in [0.717, 1.165) is 28.9 Å². The molecule has 4 rings (SSSR count). The predicted octanol–water partition coefficient (Wildman–Crippen LogP) is 5.13. The molecular formula is C25H25N3O3S. The van der Waals surface area contributed by atoms with Gasteiger partial charge >= 0.3 is 0 Å². The predicted molar refractivity (Wildman–Crippen MR) is 133 cm³/mol. The average Bonchev–Trinajstić information content (AvgIpc) is 3.12. The lowest BCUT2D eigenvalue weighted by atomic mass is 10.1. The van der Waals surface area contributed by atoms with E-state index in [9.17, 15) is 9.59 Å². The van der Waals surface area contributed by atoms with Crippen molar-refractivity contribution in [1.29, 1.82) is 0 Å². The van der Waals surface area contributed by atoms with E-state index in [0.29, 0.717) is 5.69 Å². The Kier molecular flexibility index (Phi) is 6.66. The molecule has 3 aromatic carbocycles. The van der Waals surface area contributed by atoms with Crippen LogP contribution in [0.3, 0.4) is 0 Å². The Morgan fingerprint density at radius 1 is 0.844 bits per heavy atom. The van der Waals surface area contributed by atoms with Gasteiger partial charge in [-0.15, -0.1) is 11.8 Å². The molecule has 6 nitrogen and oxygen atoms in total. The van der Waals surface area contributed by atoms with Crippen LogP contribution in [0.1, 0.15) is 6.92 Å². The van der Waals surface area contributed by atoms with Crippen LogP contribution < -0.4 is 15.4 Å². The second kappa shape index (κ2) is 9.78. The number of hydrogen-bond acceptors (Lipinski definition) is 4. The molecule has 0 atom stereocenters. The van der Waals surface area contributed by atoms with Crippen LogP contribution >= 0.6 is 11.8 Å². The smallest absolute Gasteiger partial charge is 0.234 e. The van der Waals surface area contributed by atoms with E-state index in [4.69, 9.17) is 4.74 Å². The quantitative estimate of drug-likeness (QED) is 0.393. The Morgan fingerprint density at radius 2 is 1.47 bits per heavy atom. The molecule has 32 heavy (non-hydrogen) atoms. The van der Waals surface area contributed by atoms with Crippen molar-refractivity contribution in [3.05, 3.63) is 66.7 Å². The van der Waals surface area contributed by atoms with Crippen molar-refractivity contribution in [1.82, 2.24) is 4.57 Å². The summed E-state index contributed by atoms with van der Waals surface area (Å²) in [7, 11) is 1.59. The average molecular weight is 448 g/mol. The third-order valence-corrected chi connectivity index (χ3v) is 6.15. The van der Waals surface area contributed by atoms with Crippen LogP contribution in [-0.2, 0) is 16.1 Å². The third-order valence-electron chi connectivity index (χ3n) is 5.21. The monoisotopic (exact) mass is 447 g/mol. The van der Waals surface area contributed by atoms with Gasteiger partial charge in [-0.2, -0.15) is 0 Å². The van der Waals surface area contributed by atoms with Gasteiger partial charge in [-0.3, -0.25) is 9.59 Å². The van der Waals surface area contributed by atoms with Crippen LogP contribution in [0.2, 0.25) is 0 Å². The van der Waals surface area contributed by atoms with Gasteiger partial charge in [0, 0.05) is 39.7 Å². The molecule has 4 aromatic rings. The highest BCUT2D eigenvalue weighted by Crippen LogP contribution is 2.31. The second-order valence-electron chi connectivity index (χ2n) is 7.31. The van der Waals surface area contributed by atoms with Crippen LogP contribution in [0.4, 0.5) is 11.4 Å². The molecule has 0 aliphatic heterocycles. The summed E-state index contributed by atoms with van der Waals surface area (Å²) >= 11 is 1.28. The Hall–Kier alpha value is -3.45. The standard InChI is InChI=1S/C25H25N3O3S/c1-3-28-22-7-5-4-6-20(22)21-14-18(10-13-23(21)28)27-25(30)16-32-15-24(29)26-17-8-11-19(31-2)12-9-17/h4-14H,3,15-16H2,1-2H3,(H,26,29)(H,27,30). The third kappa shape index (κ3) is 4.73. The molecule has 164 valence electrons. The Bertz CT molecular complexity index is 1260. The van der Waals surface area contributed by atoms with E-state index in [1.807, 2.05) is 30.3 Å². The number of amides is 2. The number of carbonyl (C=O) groups excluding carboxylic acids is 2. The highest BCUT2D eigenvalue weighted by molar-refractivity contribution is 8.00. The number of ether oxygens (including phenoxy) is 1. The first-order chi connectivity index (χ1) is 15.6. The zero-order valence-corrected chi connectivity index (χ0v) is 18.9. The first-order valence-electron chi connectivity index (χ1n) is 10.4. The summed E-state index contributed by atoms with van der Waals surface area (Å²) in [6.45, 7) is 3.01. The highest BCUT2D eigenvalue weighted by atomic mass is 32.2. The number of nitrogens with one attached hydrogen (secondary N) is 2. The van der Waals surface area contributed by atoms with Gasteiger partial charge in [0.25, 0.3) is 0 Å². The van der Waals surface area contributed by atoms with E-state index in [1.165, 1.54) is 22.7 Å². The summed E-state index contributed by atoms with van der Waals surface area (Å²) < 4.78 is 7.37. The number of fused-ring (bicyclic) bond motifs is 3. The number of hydrogen-bond donors (Lipinski definition) is 2. The van der Waals surface area contributed by atoms with Crippen LogP contribution in [-0.4, -0.2) is 35.0 Å². The number of carbonyl (C=O) groups is 2. The molecule has 2 N–H and O–H groups in total. The molecule has 0 saturated carbocycles. The normalized spacial score (nSPS) is 10.9. The number of rotatable bonds is 8. The van der Waals surface area contributed by atoms with Gasteiger partial charge in [-0.25, -0.2) is 0 Å². The van der Waals surface area contributed by atoms with Crippen molar-refractivity contribution in [3.8, 4) is 5.75 Å². The first-order valence-corrected chi connectivity index (χ1v) is 11.6. The summed E-state index contributed by atoms with van der Waals surface area (Å²) in [4.78, 5) is 24.5. The Morgan fingerprint density at radius 3 is 2.16 bits per heavy atom. The van der Waals surface area contributed by atoms with Crippen LogP contribution in [0.25, 0.3) is 21.8 Å². The molecule has 0 unspecified atom stereocenters. The summed E-state index contributed by atoms with van der Waals surface area (Å²) in [5.41, 5.74) is 3.79. The lowest BCUT2D eigenvalue weighted by molar-refractivity contribution is -0.114. The number of thioether (sulfide) groups is 1. The fourth-order valence-electron chi connectivity index (χ4n) is 3.78. The highest BCUT2D eigenvalue weighted by Gasteiger charge is 2.11. The minimum Gasteiger partial charge on any atom is -0.497 e. The lowest BCUT2D eigenvalue weighted by Gasteiger charge is -2.08. The van der Waals surface area contributed by atoms with Gasteiger partial charge in [0.15, 0.2) is 0 Å². The Labute approximate surface area is 190 Å². The molecule has 0 aliphatic rings. The zero-order chi connectivity index (χ0) is 22.5. The van der Waals surface area contributed by atoms with Gasteiger partial charge in [-0.05, 0) is 55.5 Å². The van der Waals surface area contributed by atoms with E-state index >= 15 is 0 Å². The number of anilines is 2. The number of methoxy groups -OCH3 is 1. The maximum Gasteiger partial charge on any atom is 0.234 e. The number of aryl methyl sites for hydroxylation is 1. The first kappa shape index (κ1) is 21.8. The van der Waals surface area contributed by atoms with Crippen molar-refractivity contribution in [3.63, 3.8) is 0 Å². The van der Waals surface area contributed by atoms with E-state index in [2.05, 4.69) is 34.3 Å². The topological polar surface area (TPSA) is 72.4 Å². The molecule has 0 fully saturated rings. The molecule has 0 radical (unpaired) electrons. The van der Waals surface area contributed by atoms with Crippen LogP contribution in [0, 0.1) is 0 Å². The SMILES string of the molecule is CCn1c2ccccc2c2cc(NC(=O)CSCC(=O)Nc3ccc(OC)cc3)ccc21. The van der Waals surface area contributed by atoms with Crippen molar-refractivity contribution < 1.29 is 14.3 Å². The lowest BCUT2D eigenvalue weighted by Crippen LogP contribution is -2.18. The number of nitrogens with zero attached hydrogens (tertiary/aromatic N) is 1. The van der Waals surface area contributed by atoms with Gasteiger partial charge in [0.1, 0.15) is 5.75 Å². The molecule has 7 heteroatoms. The van der Waals surface area contributed by atoms with Crippen molar-refractivity contribution in [2.45, 2.75) is 13.5 Å². The molecule has 2 amide bonds. The van der Waals surface area contributed by atoms with Gasteiger partial charge in [-0.1, -0.05) is 18.2 Å². The largest absolute Gasteiger partial charge is 0.497 e. The summed E-state index contributed by atoms with van der Waals surface area (Å²) in [5.74, 6) is 0.840. The minimum absolute atomic E-state index is 0.133. The van der Waals surface area contributed by atoms with E-state index in [1.54, 1.807) is 31.4 Å². The van der Waals surface area contributed by atoms with Gasteiger partial charge in [0.05, 0.1) is 18.6 Å². The maximum absolute atomic E-state index is 12.4. The summed E-state index contributed by atoms with van der Waals surface area (Å²) in [5, 5.41) is 8.05. The molecule has 1 aromatic heterocycles. The molecular weight excluding hydrogens is 422 g/mol. The summed E-state index contributed by atoms with van der Waals surface area (Å²) in [6, 6.07) is 21.4. The molecule has 0 bridgehead atoms. The van der Waals surface area contributed by atoms with E-state index < -0.39 is 0 Å². The van der Waals surface area contributed by atoms with Crippen molar-refractivity contribution in [2.75, 3.05) is 29.2 Å². The van der Waals surface area contributed by atoms with Gasteiger partial charge in [0.2, 0.25) is 11.8 Å². The fourth-order valence-corrected chi connectivity index (χ4v) is 4.39. The van der Waals surface area contributed by atoms with Crippen molar-refractivity contribution in [2.24, 2.45) is 0 Å². The van der Waals surface area contributed by atoms with Gasteiger partial charge < -0.3 is 19.9 Å². The number of benzene rings is 3. The molecule has 1 heterocycles. The van der Waals surface area contributed by atoms with Crippen LogP contribution in [0.5, 0.6) is 5.75 Å². The molecule has 0 saturated heterocycles. The van der Waals surface area contributed by atoms with Crippen LogP contribution in [0.15, 0.2) is 66.7 Å². The number of para-hydroxylation sites is 1. The second-order valence-corrected chi connectivity index (χ2v) is 8.30. The molecule has 0 aliphatic carbocycles. The molecule has 0 spiro atoms. The fraction of sp³-hybridized carbons (Fsp3) is 0.200. The van der Waals surface area contributed by atoms with E-state index in [-0.39, 0.29) is 23.3 Å². The number of aromatic nitrogens is 1. The maximum atomic E-state index is 12.4. The zero-order valence-electron chi connectivity index (χ0n) is 18.1.